The van der Waals surface area contributed by atoms with Crippen LogP contribution >= 0.6 is 0 Å². The van der Waals surface area contributed by atoms with Crippen LogP contribution in [0.25, 0.3) is 10.8 Å². The van der Waals surface area contributed by atoms with Crippen LogP contribution in [0, 0.1) is 5.41 Å². The van der Waals surface area contributed by atoms with Crippen LogP contribution in [-0.2, 0) is 9.57 Å². The summed E-state index contributed by atoms with van der Waals surface area (Å²) in [5.74, 6) is 0. The van der Waals surface area contributed by atoms with E-state index in [-0.39, 0.29) is 17.8 Å². The zero-order valence-corrected chi connectivity index (χ0v) is 13.7. The maximum Gasteiger partial charge on any atom is 0.232 e. The molecule has 2 atom stereocenters. The van der Waals surface area contributed by atoms with Gasteiger partial charge in [0.25, 0.3) is 0 Å². The van der Waals surface area contributed by atoms with Gasteiger partial charge in [0, 0.05) is 5.41 Å². The Kier molecular flexibility index (Phi) is 3.92. The maximum absolute atomic E-state index is 6.03. The smallest absolute Gasteiger partial charge is 0.232 e. The van der Waals surface area contributed by atoms with Gasteiger partial charge in [-0.1, -0.05) is 62.3 Å². The molecule has 0 aromatic heterocycles. The quantitative estimate of drug-likeness (QED) is 0.792. The van der Waals surface area contributed by atoms with Gasteiger partial charge in [0.05, 0.1) is 18.2 Å². The Hall–Kier alpha value is -1.87. The number of oxime groups is 1. The minimum atomic E-state index is -0.282. The summed E-state index contributed by atoms with van der Waals surface area (Å²) in [5, 5.41) is 6.65. The number of hydrogen-bond acceptors (Lipinski definition) is 3. The van der Waals surface area contributed by atoms with Crippen molar-refractivity contribution in [1.82, 2.24) is 0 Å². The molecule has 22 heavy (non-hydrogen) atoms. The highest BCUT2D eigenvalue weighted by Gasteiger charge is 2.31. The van der Waals surface area contributed by atoms with E-state index in [9.17, 15) is 0 Å². The molecule has 0 amide bonds. The fourth-order valence-electron chi connectivity index (χ4n) is 2.64. The highest BCUT2D eigenvalue weighted by molar-refractivity contribution is 5.89. The topological polar surface area (TPSA) is 30.8 Å². The van der Waals surface area contributed by atoms with E-state index in [0.29, 0.717) is 0 Å². The van der Waals surface area contributed by atoms with Gasteiger partial charge in [0.15, 0.2) is 0 Å². The molecule has 0 bridgehead atoms. The van der Waals surface area contributed by atoms with Crippen LogP contribution in [0.15, 0.2) is 47.6 Å². The molecule has 3 rings (SSSR count). The molecular weight excluding hydrogens is 274 g/mol. The normalized spacial score (nSPS) is 19.8. The third kappa shape index (κ3) is 3.14. The lowest BCUT2D eigenvalue weighted by Crippen LogP contribution is -2.22. The molecule has 1 aliphatic heterocycles. The van der Waals surface area contributed by atoms with Gasteiger partial charge in [-0.2, -0.15) is 0 Å². The minimum Gasteiger partial charge on any atom is -0.363 e. The molecular formula is C19H23NO2. The number of hydrogen-bond donors (Lipinski definition) is 0. The van der Waals surface area contributed by atoms with Crippen LogP contribution < -0.4 is 0 Å². The number of nitrogens with zero attached hydrogens (tertiary/aromatic N) is 1. The zero-order chi connectivity index (χ0) is 15.7. The Morgan fingerprint density at radius 1 is 1.14 bits per heavy atom. The summed E-state index contributed by atoms with van der Waals surface area (Å²) in [6, 6.07) is 14.8. The molecule has 1 aliphatic rings. The van der Waals surface area contributed by atoms with Gasteiger partial charge in [-0.25, -0.2) is 0 Å². The Balaban J connectivity index is 1.68. The molecule has 0 aliphatic carbocycles. The van der Waals surface area contributed by atoms with Gasteiger partial charge < -0.3 is 9.57 Å². The molecule has 0 N–H and O–H groups in total. The van der Waals surface area contributed by atoms with Gasteiger partial charge >= 0.3 is 0 Å². The van der Waals surface area contributed by atoms with Crippen molar-refractivity contribution in [2.75, 3.05) is 0 Å². The molecule has 2 aromatic carbocycles. The molecule has 2 aromatic rings. The fraction of sp³-hybridized carbons (Fsp3) is 0.421. The first-order valence-corrected chi connectivity index (χ1v) is 7.81. The third-order valence-corrected chi connectivity index (χ3v) is 4.11. The summed E-state index contributed by atoms with van der Waals surface area (Å²) < 4.78 is 6.03. The van der Waals surface area contributed by atoms with Crippen LogP contribution in [0.4, 0.5) is 0 Å². The lowest BCUT2D eigenvalue weighted by molar-refractivity contribution is -0.152. The van der Waals surface area contributed by atoms with Gasteiger partial charge in [-0.3, -0.25) is 0 Å². The Morgan fingerprint density at radius 2 is 1.86 bits per heavy atom. The second-order valence-corrected chi connectivity index (χ2v) is 6.91. The summed E-state index contributed by atoms with van der Waals surface area (Å²) in [6.07, 6.45) is 0.432. The molecule has 3 nitrogen and oxygen atoms in total. The monoisotopic (exact) mass is 297 g/mol. The summed E-state index contributed by atoms with van der Waals surface area (Å²) in [4.78, 5) is 5.44. The molecule has 0 saturated carbocycles. The molecule has 0 unspecified atom stereocenters. The molecule has 3 heteroatoms. The van der Waals surface area contributed by atoms with E-state index in [1.807, 2.05) is 0 Å². The van der Waals surface area contributed by atoms with E-state index in [2.05, 4.69) is 75.3 Å². The van der Waals surface area contributed by atoms with Gasteiger partial charge in [-0.05, 0) is 29.3 Å². The second-order valence-electron chi connectivity index (χ2n) is 6.91. The SMILES string of the molecule is C[C@H](O[C@H]1CC(C(C)(C)C)=NO1)c1ccc2ccccc2c1. The van der Waals surface area contributed by atoms with E-state index in [1.54, 1.807) is 0 Å². The number of rotatable bonds is 3. The number of fused-ring (bicyclic) bond motifs is 1. The van der Waals surface area contributed by atoms with Crippen molar-refractivity contribution in [1.29, 1.82) is 0 Å². The third-order valence-electron chi connectivity index (χ3n) is 4.11. The fourth-order valence-corrected chi connectivity index (χ4v) is 2.64. The highest BCUT2D eigenvalue weighted by atomic mass is 16.8. The maximum atomic E-state index is 6.03. The van der Waals surface area contributed by atoms with Gasteiger partial charge in [-0.15, -0.1) is 0 Å². The first-order chi connectivity index (χ1) is 10.4. The van der Waals surface area contributed by atoms with Crippen molar-refractivity contribution >= 4 is 16.5 Å². The zero-order valence-electron chi connectivity index (χ0n) is 13.7. The van der Waals surface area contributed by atoms with Crippen LogP contribution in [0.2, 0.25) is 0 Å². The van der Waals surface area contributed by atoms with Gasteiger partial charge in [0.2, 0.25) is 6.29 Å². The van der Waals surface area contributed by atoms with E-state index in [1.165, 1.54) is 10.8 Å². The Bertz CT molecular complexity index is 700. The van der Waals surface area contributed by atoms with Gasteiger partial charge in [0.1, 0.15) is 0 Å². The molecule has 0 saturated heterocycles. The van der Waals surface area contributed by atoms with E-state index < -0.39 is 0 Å². The molecule has 0 fully saturated rings. The van der Waals surface area contributed by atoms with Crippen molar-refractivity contribution in [3.8, 4) is 0 Å². The summed E-state index contributed by atoms with van der Waals surface area (Å²) in [7, 11) is 0. The molecule has 0 spiro atoms. The van der Waals surface area contributed by atoms with E-state index in [0.717, 1.165) is 17.7 Å². The van der Waals surface area contributed by atoms with Crippen LogP contribution in [0.5, 0.6) is 0 Å². The summed E-state index contributed by atoms with van der Waals surface area (Å²) >= 11 is 0. The van der Waals surface area contributed by atoms with Crippen molar-refractivity contribution in [3.63, 3.8) is 0 Å². The summed E-state index contributed by atoms with van der Waals surface area (Å²) in [6.45, 7) is 8.49. The summed E-state index contributed by atoms with van der Waals surface area (Å²) in [5.41, 5.74) is 2.25. The number of benzene rings is 2. The number of ether oxygens (including phenoxy) is 1. The van der Waals surface area contributed by atoms with Crippen molar-refractivity contribution in [3.05, 3.63) is 48.0 Å². The van der Waals surface area contributed by atoms with Crippen molar-refractivity contribution < 1.29 is 9.57 Å². The Morgan fingerprint density at radius 3 is 2.55 bits per heavy atom. The predicted octanol–water partition coefficient (Wildman–Crippen LogP) is 5.07. The largest absolute Gasteiger partial charge is 0.363 e. The lowest BCUT2D eigenvalue weighted by atomic mass is 9.88. The van der Waals surface area contributed by atoms with Crippen molar-refractivity contribution in [2.24, 2.45) is 10.6 Å². The van der Waals surface area contributed by atoms with Crippen LogP contribution in [0.3, 0.4) is 0 Å². The first kappa shape index (κ1) is 15.0. The molecule has 1 heterocycles. The first-order valence-electron chi connectivity index (χ1n) is 7.81. The molecule has 0 radical (unpaired) electrons. The van der Waals surface area contributed by atoms with Crippen LogP contribution in [-0.4, -0.2) is 12.0 Å². The van der Waals surface area contributed by atoms with E-state index in [4.69, 9.17) is 9.57 Å². The highest BCUT2D eigenvalue weighted by Crippen LogP contribution is 2.30. The minimum absolute atomic E-state index is 0.0240. The lowest BCUT2D eigenvalue weighted by Gasteiger charge is -2.19. The standard InChI is InChI=1S/C19H23NO2/c1-13(21-18-12-17(20-22-18)19(2,3)4)15-10-9-14-7-5-6-8-16(14)11-15/h5-11,13,18H,12H2,1-4H3/t13-,18+/m0/s1. The Labute approximate surface area is 131 Å². The second kappa shape index (κ2) is 5.73. The van der Waals surface area contributed by atoms with E-state index >= 15 is 0 Å². The predicted molar refractivity (Wildman–Crippen MR) is 89.8 cm³/mol. The average molecular weight is 297 g/mol. The average Bonchev–Trinajstić information content (AvgIpc) is 2.95. The van der Waals surface area contributed by atoms with Crippen LogP contribution in [0.1, 0.15) is 45.8 Å². The van der Waals surface area contributed by atoms with Crippen molar-refractivity contribution in [2.45, 2.75) is 46.5 Å². The molecule has 116 valence electrons.